The van der Waals surface area contributed by atoms with Crippen molar-refractivity contribution in [2.45, 2.75) is 4.90 Å². The van der Waals surface area contributed by atoms with Crippen LogP contribution in [0.3, 0.4) is 0 Å². The Balaban J connectivity index is 1.66. The van der Waals surface area contributed by atoms with Gasteiger partial charge in [0.15, 0.2) is 6.61 Å². The van der Waals surface area contributed by atoms with E-state index in [9.17, 15) is 18.0 Å². The van der Waals surface area contributed by atoms with Gasteiger partial charge in [-0.05, 0) is 48.5 Å². The Labute approximate surface area is 212 Å². The van der Waals surface area contributed by atoms with E-state index < -0.39 is 28.4 Å². The fourth-order valence-electron chi connectivity index (χ4n) is 3.55. The summed E-state index contributed by atoms with van der Waals surface area (Å²) in [5, 5.41) is 3.29. The standard InChI is InChI=1S/C25H23N5O6S/c1-35-25-20(7-4-14-28-25)30(37(33,34)21-8-2-5-17-6-3-13-27-24(17)21)15-23(32)29-18-9-11-19(12-10-18)36-16-22(26)31/h2-14H,15-16H2,1H3,(H2,26,31)(H,29,32). The molecule has 37 heavy (non-hydrogen) atoms. The molecule has 0 bridgehead atoms. The highest BCUT2D eigenvalue weighted by Crippen LogP contribution is 2.32. The third-order valence-corrected chi connectivity index (χ3v) is 6.97. The van der Waals surface area contributed by atoms with Crippen molar-refractivity contribution < 1.29 is 27.5 Å². The molecule has 2 heterocycles. The molecule has 0 saturated carbocycles. The van der Waals surface area contributed by atoms with Gasteiger partial charge in [0.25, 0.3) is 15.9 Å². The predicted octanol–water partition coefficient (Wildman–Crippen LogP) is 2.34. The maximum atomic E-state index is 13.9. The Hall–Kier alpha value is -4.71. The summed E-state index contributed by atoms with van der Waals surface area (Å²) in [4.78, 5) is 32.2. The minimum absolute atomic E-state index is 0.0306. The van der Waals surface area contributed by atoms with Gasteiger partial charge < -0.3 is 20.5 Å². The second-order valence-electron chi connectivity index (χ2n) is 7.70. The van der Waals surface area contributed by atoms with Crippen LogP contribution in [0.4, 0.5) is 11.4 Å². The SMILES string of the molecule is COc1ncccc1N(CC(=O)Nc1ccc(OCC(N)=O)cc1)S(=O)(=O)c1cccc2cccnc12. The van der Waals surface area contributed by atoms with Crippen LogP contribution in [0, 0.1) is 0 Å². The Morgan fingerprint density at radius 3 is 2.41 bits per heavy atom. The molecule has 0 radical (unpaired) electrons. The third-order valence-electron chi connectivity index (χ3n) is 5.18. The average molecular weight is 522 g/mol. The lowest BCUT2D eigenvalue weighted by Gasteiger charge is -2.25. The van der Waals surface area contributed by atoms with E-state index >= 15 is 0 Å². The van der Waals surface area contributed by atoms with Crippen molar-refractivity contribution in [2.24, 2.45) is 5.73 Å². The van der Waals surface area contributed by atoms with Gasteiger partial charge in [-0.15, -0.1) is 0 Å². The number of nitrogens with one attached hydrogen (secondary N) is 1. The average Bonchev–Trinajstić information content (AvgIpc) is 2.91. The lowest BCUT2D eigenvalue weighted by molar-refractivity contribution is -0.120. The van der Waals surface area contributed by atoms with Crippen molar-refractivity contribution in [1.29, 1.82) is 0 Å². The first-order valence-corrected chi connectivity index (χ1v) is 12.4. The van der Waals surface area contributed by atoms with E-state index in [4.69, 9.17) is 15.2 Å². The molecule has 2 aromatic carbocycles. The lowest BCUT2D eigenvalue weighted by Crippen LogP contribution is -2.38. The van der Waals surface area contributed by atoms with Crippen LogP contribution in [-0.2, 0) is 19.6 Å². The van der Waals surface area contributed by atoms with E-state index in [-0.39, 0.29) is 28.6 Å². The topological polar surface area (TPSA) is 154 Å². The number of carbonyl (C=O) groups excluding carboxylic acids is 2. The van der Waals surface area contributed by atoms with E-state index in [1.807, 2.05) is 0 Å². The lowest BCUT2D eigenvalue weighted by atomic mass is 10.2. The number of rotatable bonds is 10. The van der Waals surface area contributed by atoms with Gasteiger partial charge in [-0.3, -0.25) is 18.9 Å². The number of aromatic nitrogens is 2. The smallest absolute Gasteiger partial charge is 0.267 e. The highest BCUT2D eigenvalue weighted by atomic mass is 32.2. The Bertz CT molecular complexity index is 1540. The normalized spacial score (nSPS) is 11.1. The van der Waals surface area contributed by atoms with E-state index in [2.05, 4.69) is 15.3 Å². The number of amides is 2. The van der Waals surface area contributed by atoms with Gasteiger partial charge in [-0.1, -0.05) is 18.2 Å². The van der Waals surface area contributed by atoms with Gasteiger partial charge in [0.2, 0.25) is 11.8 Å². The Morgan fingerprint density at radius 2 is 1.68 bits per heavy atom. The van der Waals surface area contributed by atoms with Gasteiger partial charge in [0, 0.05) is 23.5 Å². The Morgan fingerprint density at radius 1 is 0.973 bits per heavy atom. The molecule has 0 saturated heterocycles. The van der Waals surface area contributed by atoms with Crippen LogP contribution in [0.5, 0.6) is 11.6 Å². The van der Waals surface area contributed by atoms with Gasteiger partial charge in [0.05, 0.1) is 12.6 Å². The monoisotopic (exact) mass is 521 g/mol. The second kappa shape index (κ2) is 10.9. The van der Waals surface area contributed by atoms with Gasteiger partial charge >= 0.3 is 0 Å². The molecule has 0 aliphatic rings. The van der Waals surface area contributed by atoms with E-state index in [0.717, 1.165) is 4.31 Å². The summed E-state index contributed by atoms with van der Waals surface area (Å²) in [7, 11) is -2.94. The van der Waals surface area contributed by atoms with E-state index in [1.165, 1.54) is 31.6 Å². The fourth-order valence-corrected chi connectivity index (χ4v) is 5.14. The fraction of sp³-hybridized carbons (Fsp3) is 0.120. The third kappa shape index (κ3) is 5.76. The Kier molecular flexibility index (Phi) is 7.49. The summed E-state index contributed by atoms with van der Waals surface area (Å²) >= 11 is 0. The van der Waals surface area contributed by atoms with Gasteiger partial charge in [0.1, 0.15) is 22.9 Å². The number of methoxy groups -OCH3 is 1. The minimum atomic E-state index is -4.30. The molecule has 0 spiro atoms. The molecule has 2 aromatic heterocycles. The zero-order valence-electron chi connectivity index (χ0n) is 19.7. The molecule has 2 amide bonds. The van der Waals surface area contributed by atoms with E-state index in [0.29, 0.717) is 16.8 Å². The molecule has 4 rings (SSSR count). The first-order chi connectivity index (χ1) is 17.8. The summed E-state index contributed by atoms with van der Waals surface area (Å²) in [5.41, 5.74) is 5.81. The minimum Gasteiger partial charge on any atom is -0.484 e. The molecule has 0 atom stereocenters. The van der Waals surface area contributed by atoms with Crippen molar-refractivity contribution in [3.05, 3.63) is 79.1 Å². The number of carbonyl (C=O) groups is 2. The highest BCUT2D eigenvalue weighted by Gasteiger charge is 2.31. The second-order valence-corrected chi connectivity index (χ2v) is 9.53. The number of hydrogen-bond donors (Lipinski definition) is 2. The van der Waals surface area contributed by atoms with Crippen LogP contribution in [0.1, 0.15) is 0 Å². The zero-order chi connectivity index (χ0) is 26.4. The maximum absolute atomic E-state index is 13.9. The predicted molar refractivity (Wildman–Crippen MR) is 137 cm³/mol. The molecule has 0 aliphatic carbocycles. The van der Waals surface area contributed by atoms with Crippen molar-refractivity contribution in [2.75, 3.05) is 29.9 Å². The summed E-state index contributed by atoms with van der Waals surface area (Å²) < 4.78 is 39.3. The summed E-state index contributed by atoms with van der Waals surface area (Å²) in [6.07, 6.45) is 2.95. The van der Waals surface area contributed by atoms with Crippen LogP contribution in [0.2, 0.25) is 0 Å². The maximum Gasteiger partial charge on any atom is 0.267 e. The van der Waals surface area contributed by atoms with Crippen molar-refractivity contribution in [3.8, 4) is 11.6 Å². The van der Waals surface area contributed by atoms with Gasteiger partial charge in [-0.2, -0.15) is 0 Å². The quantitative estimate of drug-likeness (QED) is 0.322. The molecule has 12 heteroatoms. The first kappa shape index (κ1) is 25.4. The number of pyridine rings is 2. The number of hydrogen-bond acceptors (Lipinski definition) is 8. The highest BCUT2D eigenvalue weighted by molar-refractivity contribution is 7.93. The number of nitrogens with two attached hydrogens (primary N) is 1. The van der Waals surface area contributed by atoms with Crippen molar-refractivity contribution >= 4 is 44.1 Å². The van der Waals surface area contributed by atoms with Crippen molar-refractivity contribution in [3.63, 3.8) is 0 Å². The number of para-hydroxylation sites is 1. The summed E-state index contributed by atoms with van der Waals surface area (Å²) in [5.74, 6) is -0.827. The molecule has 3 N–H and O–H groups in total. The molecule has 0 unspecified atom stereocenters. The van der Waals surface area contributed by atoms with E-state index in [1.54, 1.807) is 54.6 Å². The molecular formula is C25H23N5O6S. The van der Waals surface area contributed by atoms with Crippen LogP contribution < -0.4 is 24.8 Å². The molecule has 11 nitrogen and oxygen atoms in total. The van der Waals surface area contributed by atoms with Crippen LogP contribution in [0.25, 0.3) is 10.9 Å². The molecule has 0 fully saturated rings. The van der Waals surface area contributed by atoms with Crippen LogP contribution in [0.15, 0.2) is 84.0 Å². The molecule has 4 aromatic rings. The number of benzene rings is 2. The number of anilines is 2. The summed E-state index contributed by atoms with van der Waals surface area (Å²) in [6, 6.07) is 17.5. The number of nitrogens with zero attached hydrogens (tertiary/aromatic N) is 3. The zero-order valence-corrected chi connectivity index (χ0v) is 20.5. The molecule has 190 valence electrons. The largest absolute Gasteiger partial charge is 0.484 e. The number of ether oxygens (including phenoxy) is 2. The molecule has 0 aliphatic heterocycles. The van der Waals surface area contributed by atoms with Crippen LogP contribution in [-0.4, -0.2) is 50.5 Å². The van der Waals surface area contributed by atoms with Crippen molar-refractivity contribution in [1.82, 2.24) is 9.97 Å². The van der Waals surface area contributed by atoms with Crippen LogP contribution >= 0.6 is 0 Å². The molecular weight excluding hydrogens is 498 g/mol. The summed E-state index contributed by atoms with van der Waals surface area (Å²) in [6.45, 7) is -0.859. The number of primary amides is 1. The first-order valence-electron chi connectivity index (χ1n) is 11.0. The van der Waals surface area contributed by atoms with Gasteiger partial charge in [-0.25, -0.2) is 13.4 Å². The number of sulfonamides is 1. The number of fused-ring (bicyclic) bond motifs is 1.